The number of methoxy groups -OCH3 is 1. The Labute approximate surface area is 156 Å². The number of rotatable bonds is 3. The molecule has 0 bridgehead atoms. The average Bonchev–Trinajstić information content (AvgIpc) is 3.05. The molecule has 2 heterocycles. The van der Waals surface area contributed by atoms with Crippen LogP contribution < -0.4 is 15.4 Å². The van der Waals surface area contributed by atoms with E-state index in [9.17, 15) is 0 Å². The molecule has 1 aromatic heterocycles. The number of benzene rings is 2. The van der Waals surface area contributed by atoms with Crippen molar-refractivity contribution >= 4 is 24.8 Å². The number of aliphatic hydroxyl groups is 1. The molecule has 26 heavy (non-hydrogen) atoms. The maximum Gasteiger partial charge on any atom is 0.119 e. The van der Waals surface area contributed by atoms with Gasteiger partial charge in [-0.2, -0.15) is 0 Å². The molecule has 1 aliphatic rings. The van der Waals surface area contributed by atoms with Gasteiger partial charge in [0.2, 0.25) is 0 Å². The average molecular weight is 368 g/mol. The second-order valence-corrected chi connectivity index (χ2v) is 7.80. The predicted molar refractivity (Wildman–Crippen MR) is 111 cm³/mol. The van der Waals surface area contributed by atoms with E-state index in [0.29, 0.717) is 11.7 Å². The van der Waals surface area contributed by atoms with Crippen LogP contribution in [-0.2, 0) is 0 Å². The summed E-state index contributed by atoms with van der Waals surface area (Å²) in [5.74, 6) is 0.923. The van der Waals surface area contributed by atoms with Crippen molar-refractivity contribution in [2.75, 3.05) is 13.7 Å². The Morgan fingerprint density at radius 3 is 2.65 bits per heavy atom. The quantitative estimate of drug-likeness (QED) is 0.469. The summed E-state index contributed by atoms with van der Waals surface area (Å²) < 4.78 is 5.44. The molecule has 3 unspecified atom stereocenters. The lowest BCUT2D eigenvalue weighted by molar-refractivity contribution is 0.415. The van der Waals surface area contributed by atoms with Crippen LogP contribution in [0.2, 0.25) is 0 Å². The van der Waals surface area contributed by atoms with E-state index in [4.69, 9.17) is 9.84 Å². The van der Waals surface area contributed by atoms with Crippen molar-refractivity contribution in [1.82, 2.24) is 10.3 Å². The van der Waals surface area contributed by atoms with E-state index in [1.54, 1.807) is 7.11 Å². The normalized spacial score (nSPS) is 19.0. The molecule has 136 valence electrons. The topological polar surface area (TPSA) is 57.3 Å². The summed E-state index contributed by atoms with van der Waals surface area (Å²) in [4.78, 5) is 3.62. The van der Waals surface area contributed by atoms with Gasteiger partial charge in [0, 0.05) is 34.8 Å². The summed E-state index contributed by atoms with van der Waals surface area (Å²) in [5.41, 5.74) is 4.50. The van der Waals surface area contributed by atoms with Gasteiger partial charge in [0.25, 0.3) is 0 Å². The van der Waals surface area contributed by atoms with Gasteiger partial charge in [-0.15, -0.1) is 0 Å². The Bertz CT molecular complexity index is 876. The Hall–Kier alpha value is -2.29. The number of aliphatic hydroxyl groups excluding tert-OH is 1. The third-order valence-electron chi connectivity index (χ3n) is 4.60. The number of ether oxygens (including phenoxy) is 1. The highest BCUT2D eigenvalue weighted by Crippen LogP contribution is 2.44. The van der Waals surface area contributed by atoms with Gasteiger partial charge >= 0.3 is 0 Å². The van der Waals surface area contributed by atoms with Crippen molar-refractivity contribution in [2.24, 2.45) is 0 Å². The number of hydrogen-bond acceptors (Lipinski definition) is 3. The maximum absolute atomic E-state index is 7.33. The molecule has 3 N–H and O–H groups in total. The van der Waals surface area contributed by atoms with Gasteiger partial charge < -0.3 is 20.1 Å². The minimum atomic E-state index is 0.361. The van der Waals surface area contributed by atoms with Crippen molar-refractivity contribution in [3.05, 3.63) is 72.6 Å². The molecule has 0 saturated heterocycles. The van der Waals surface area contributed by atoms with Crippen LogP contribution in [0, 0.1) is 0 Å². The number of H-pyrrole nitrogens is 1. The molecular formula is C21H25N2O2P. The van der Waals surface area contributed by atoms with Crippen molar-refractivity contribution in [1.29, 1.82) is 0 Å². The Morgan fingerprint density at radius 2 is 1.96 bits per heavy atom. The molecule has 3 atom stereocenters. The predicted octanol–water partition coefficient (Wildman–Crippen LogP) is 4.57. The van der Waals surface area contributed by atoms with Crippen LogP contribution in [0.15, 0.2) is 61.4 Å². The van der Waals surface area contributed by atoms with E-state index in [1.807, 2.05) is 6.07 Å². The summed E-state index contributed by atoms with van der Waals surface area (Å²) in [7, 11) is 2.49. The van der Waals surface area contributed by atoms with Crippen LogP contribution in [0.3, 0.4) is 0 Å². The number of hydrogen-bond donors (Lipinski definition) is 3. The first kappa shape index (κ1) is 18.5. The molecule has 0 fully saturated rings. The zero-order valence-corrected chi connectivity index (χ0v) is 16.1. The lowest BCUT2D eigenvalue weighted by Crippen LogP contribution is -2.30. The molecule has 0 spiro atoms. The molecule has 4 nitrogen and oxygen atoms in total. The number of fused-ring (bicyclic) bond motifs is 3. The van der Waals surface area contributed by atoms with Gasteiger partial charge in [-0.05, 0) is 36.0 Å². The molecule has 5 heteroatoms. The van der Waals surface area contributed by atoms with Crippen LogP contribution >= 0.6 is 8.58 Å². The van der Waals surface area contributed by atoms with Crippen molar-refractivity contribution in [3.8, 4) is 5.75 Å². The molecular weight excluding hydrogens is 343 g/mol. The minimum Gasteiger partial charge on any atom is -0.516 e. The number of aromatic nitrogens is 1. The third-order valence-corrected chi connectivity index (χ3v) is 6.11. The molecule has 0 radical (unpaired) electrons. The Morgan fingerprint density at radius 1 is 1.23 bits per heavy atom. The van der Waals surface area contributed by atoms with Gasteiger partial charge in [-0.25, -0.2) is 0 Å². The van der Waals surface area contributed by atoms with Crippen molar-refractivity contribution < 1.29 is 9.84 Å². The number of aromatic amines is 1. The molecule has 0 saturated carbocycles. The SMILES string of the molecule is C=CO.COc1ccc2[nH]c3c(c2c1)C(Pc1ccccc1)CNC3C. The highest BCUT2D eigenvalue weighted by Gasteiger charge is 2.28. The molecule has 3 aromatic rings. The summed E-state index contributed by atoms with van der Waals surface area (Å²) >= 11 is 0. The van der Waals surface area contributed by atoms with E-state index >= 15 is 0 Å². The second kappa shape index (κ2) is 8.39. The minimum absolute atomic E-state index is 0.361. The smallest absolute Gasteiger partial charge is 0.119 e. The van der Waals surface area contributed by atoms with E-state index in [-0.39, 0.29) is 0 Å². The van der Waals surface area contributed by atoms with Crippen LogP contribution in [0.4, 0.5) is 0 Å². The molecule has 0 amide bonds. The summed E-state index contributed by atoms with van der Waals surface area (Å²) in [5, 5.41) is 13.7. The monoisotopic (exact) mass is 368 g/mol. The fraction of sp³-hybridized carbons (Fsp3) is 0.238. The standard InChI is InChI=1S/C19H21N2OP.C2H4O/c1-12-19-18(15-10-13(22-2)8-9-16(15)21-19)17(11-20-12)23-14-6-4-3-5-7-14;1-2-3/h3-10,12,17,20-21,23H,11H2,1-2H3;2-3H,1H2. The maximum atomic E-state index is 7.33. The van der Waals surface area contributed by atoms with Crippen LogP contribution in [0.5, 0.6) is 5.75 Å². The molecule has 0 aliphatic carbocycles. The van der Waals surface area contributed by atoms with E-state index < -0.39 is 0 Å². The highest BCUT2D eigenvalue weighted by atomic mass is 31.1. The number of nitrogens with one attached hydrogen (secondary N) is 2. The van der Waals surface area contributed by atoms with Gasteiger partial charge in [-0.3, -0.25) is 0 Å². The van der Waals surface area contributed by atoms with E-state index in [2.05, 4.69) is 66.3 Å². The Balaban J connectivity index is 0.000000613. The first-order valence-corrected chi connectivity index (χ1v) is 9.75. The fourth-order valence-electron chi connectivity index (χ4n) is 3.41. The lowest BCUT2D eigenvalue weighted by Gasteiger charge is -2.28. The van der Waals surface area contributed by atoms with Gasteiger partial charge in [-0.1, -0.05) is 45.5 Å². The largest absolute Gasteiger partial charge is 0.516 e. The summed E-state index contributed by atoms with van der Waals surface area (Å²) in [6.45, 7) is 6.17. The van der Waals surface area contributed by atoms with Crippen molar-refractivity contribution in [2.45, 2.75) is 18.6 Å². The fourth-order valence-corrected chi connectivity index (χ4v) is 4.88. The zero-order valence-electron chi connectivity index (χ0n) is 15.1. The van der Waals surface area contributed by atoms with E-state index in [1.165, 1.54) is 27.5 Å². The lowest BCUT2D eigenvalue weighted by atomic mass is 9.99. The highest BCUT2D eigenvalue weighted by molar-refractivity contribution is 7.47. The van der Waals surface area contributed by atoms with Gasteiger partial charge in [0.15, 0.2) is 0 Å². The van der Waals surface area contributed by atoms with Crippen LogP contribution in [0.1, 0.15) is 29.9 Å². The van der Waals surface area contributed by atoms with E-state index in [0.717, 1.165) is 27.1 Å². The first-order chi connectivity index (χ1) is 12.7. The molecule has 4 rings (SSSR count). The Kier molecular flexibility index (Phi) is 5.97. The summed E-state index contributed by atoms with van der Waals surface area (Å²) in [6.07, 6.45) is 0.750. The van der Waals surface area contributed by atoms with Crippen LogP contribution in [-0.4, -0.2) is 23.7 Å². The van der Waals surface area contributed by atoms with Gasteiger partial charge in [0.1, 0.15) is 5.75 Å². The van der Waals surface area contributed by atoms with Gasteiger partial charge in [0.05, 0.1) is 13.4 Å². The molecule has 1 aliphatic heterocycles. The van der Waals surface area contributed by atoms with Crippen molar-refractivity contribution in [3.63, 3.8) is 0 Å². The molecule has 2 aromatic carbocycles. The zero-order chi connectivity index (χ0) is 18.5. The van der Waals surface area contributed by atoms with Crippen LogP contribution in [0.25, 0.3) is 10.9 Å². The third kappa shape index (κ3) is 3.77. The second-order valence-electron chi connectivity index (χ2n) is 6.24. The summed E-state index contributed by atoms with van der Waals surface area (Å²) in [6, 6.07) is 17.5. The first-order valence-electron chi connectivity index (χ1n) is 8.67.